The highest BCUT2D eigenvalue weighted by atomic mass is 16.7. The number of nitrogens with zero attached hydrogens (tertiary/aromatic N) is 2. The largest absolute Gasteiger partial charge is 0.358 e. The molecule has 0 aliphatic heterocycles. The van der Waals surface area contributed by atoms with Crippen LogP contribution in [-0.4, -0.2) is 34.7 Å². The Morgan fingerprint density at radius 3 is 1.94 bits per heavy atom. The second-order valence-corrected chi connectivity index (χ2v) is 6.32. The SMILES string of the molecule is CNC(=O)C(C)(C)N(OC(C)(C)C#N)C(C)(C)C.[HH]. The number of nitrogens with one attached hydrogen (secondary N) is 1. The summed E-state index contributed by atoms with van der Waals surface area (Å²) in [6.45, 7) is 12.7. The fourth-order valence-electron chi connectivity index (χ4n) is 1.74. The molecule has 0 radical (unpaired) electrons. The number of amides is 1. The molecular weight excluding hydrogens is 230 g/mol. The van der Waals surface area contributed by atoms with E-state index in [2.05, 4.69) is 11.4 Å². The Morgan fingerprint density at radius 1 is 1.22 bits per heavy atom. The number of likely N-dealkylation sites (N-methyl/N-ethyl adjacent to an activating group) is 1. The Hall–Kier alpha value is -1.12. The summed E-state index contributed by atoms with van der Waals surface area (Å²) in [6, 6.07) is 2.08. The molecule has 0 spiro atoms. The van der Waals surface area contributed by atoms with Crippen molar-refractivity contribution in [1.82, 2.24) is 10.4 Å². The van der Waals surface area contributed by atoms with E-state index >= 15 is 0 Å². The van der Waals surface area contributed by atoms with Crippen LogP contribution in [0.5, 0.6) is 0 Å². The first-order chi connectivity index (χ1) is 7.88. The molecule has 1 N–H and O–H groups in total. The maximum Gasteiger partial charge on any atom is 0.242 e. The fraction of sp³-hybridized carbons (Fsp3) is 0.846. The van der Waals surface area contributed by atoms with Crippen molar-refractivity contribution in [3.63, 3.8) is 0 Å². The zero-order valence-electron chi connectivity index (χ0n) is 12.7. The standard InChI is InChI=1S/C13H25N3O2.H2/c1-11(2,3)16(18-12(4,5)9-14)13(6,7)10(17)15-8;/h1-8H3,(H,15,17);1H. The molecule has 5 nitrogen and oxygen atoms in total. The van der Waals surface area contributed by atoms with Gasteiger partial charge in [0.2, 0.25) is 5.91 Å². The Labute approximate surface area is 112 Å². The summed E-state index contributed by atoms with van der Waals surface area (Å²) in [5.41, 5.74) is -2.27. The topological polar surface area (TPSA) is 65.4 Å². The second-order valence-electron chi connectivity index (χ2n) is 6.32. The number of hydroxylamine groups is 2. The highest BCUT2D eigenvalue weighted by molar-refractivity contribution is 5.85. The molecule has 0 saturated carbocycles. The third-order valence-electron chi connectivity index (χ3n) is 2.49. The molecule has 18 heavy (non-hydrogen) atoms. The molecule has 0 aliphatic rings. The highest BCUT2D eigenvalue weighted by Crippen LogP contribution is 2.29. The average molecular weight is 257 g/mol. The molecule has 0 rings (SSSR count). The Balaban J connectivity index is 0. The molecule has 0 aromatic rings. The minimum absolute atomic E-state index is 0. The van der Waals surface area contributed by atoms with Gasteiger partial charge < -0.3 is 5.32 Å². The van der Waals surface area contributed by atoms with Gasteiger partial charge in [-0.1, -0.05) is 0 Å². The molecule has 0 aromatic heterocycles. The molecule has 0 aliphatic carbocycles. The minimum Gasteiger partial charge on any atom is -0.358 e. The highest BCUT2D eigenvalue weighted by Gasteiger charge is 2.44. The van der Waals surface area contributed by atoms with Crippen LogP contribution in [0.4, 0.5) is 0 Å². The van der Waals surface area contributed by atoms with Crippen LogP contribution in [0.1, 0.15) is 49.9 Å². The third kappa shape index (κ3) is 3.97. The molecular formula is C13H27N3O2. The Bertz CT molecular complexity index is 354. The predicted molar refractivity (Wildman–Crippen MR) is 72.6 cm³/mol. The lowest BCUT2D eigenvalue weighted by molar-refractivity contribution is -0.293. The lowest BCUT2D eigenvalue weighted by Crippen LogP contribution is -2.62. The van der Waals surface area contributed by atoms with Crippen molar-refractivity contribution in [1.29, 1.82) is 5.26 Å². The van der Waals surface area contributed by atoms with E-state index in [0.717, 1.165) is 0 Å². The number of hydrogen-bond acceptors (Lipinski definition) is 4. The third-order valence-corrected chi connectivity index (χ3v) is 2.49. The molecule has 5 heteroatoms. The van der Waals surface area contributed by atoms with Crippen molar-refractivity contribution in [3.8, 4) is 6.07 Å². The van der Waals surface area contributed by atoms with Crippen LogP contribution in [0.2, 0.25) is 0 Å². The van der Waals surface area contributed by atoms with E-state index < -0.39 is 16.7 Å². The maximum atomic E-state index is 12.0. The quantitative estimate of drug-likeness (QED) is 0.783. The van der Waals surface area contributed by atoms with E-state index in [0.29, 0.717) is 0 Å². The summed E-state index contributed by atoms with van der Waals surface area (Å²) >= 11 is 0. The lowest BCUT2D eigenvalue weighted by atomic mass is 9.96. The van der Waals surface area contributed by atoms with E-state index in [1.165, 1.54) is 0 Å². The van der Waals surface area contributed by atoms with Gasteiger partial charge in [0.1, 0.15) is 5.54 Å². The van der Waals surface area contributed by atoms with Gasteiger partial charge in [-0.15, -0.1) is 0 Å². The molecule has 0 heterocycles. The summed E-state index contributed by atoms with van der Waals surface area (Å²) in [5.74, 6) is -0.161. The molecule has 0 atom stereocenters. The number of carbonyl (C=O) groups is 1. The number of hydrogen-bond donors (Lipinski definition) is 1. The van der Waals surface area contributed by atoms with Gasteiger partial charge in [-0.05, 0) is 48.5 Å². The number of rotatable bonds is 4. The maximum absolute atomic E-state index is 12.0. The lowest BCUT2D eigenvalue weighted by Gasteiger charge is -2.46. The van der Waals surface area contributed by atoms with Gasteiger partial charge in [0, 0.05) is 14.0 Å². The van der Waals surface area contributed by atoms with Crippen LogP contribution in [0.3, 0.4) is 0 Å². The monoisotopic (exact) mass is 257 g/mol. The molecule has 0 aromatic carbocycles. The Morgan fingerprint density at radius 2 is 1.67 bits per heavy atom. The van der Waals surface area contributed by atoms with Crippen molar-refractivity contribution in [3.05, 3.63) is 0 Å². The van der Waals surface area contributed by atoms with Crippen LogP contribution < -0.4 is 5.32 Å². The van der Waals surface area contributed by atoms with Crippen molar-refractivity contribution < 1.29 is 11.1 Å². The van der Waals surface area contributed by atoms with Gasteiger partial charge in [0.25, 0.3) is 0 Å². The summed E-state index contributed by atoms with van der Waals surface area (Å²) < 4.78 is 0. The van der Waals surface area contributed by atoms with Crippen molar-refractivity contribution in [2.24, 2.45) is 0 Å². The number of carbonyl (C=O) groups excluding carboxylic acids is 1. The fourth-order valence-corrected chi connectivity index (χ4v) is 1.74. The molecule has 0 bridgehead atoms. The van der Waals surface area contributed by atoms with Gasteiger partial charge in [-0.2, -0.15) is 10.3 Å². The summed E-state index contributed by atoms with van der Waals surface area (Å²) in [6.07, 6.45) is 0. The van der Waals surface area contributed by atoms with E-state index in [-0.39, 0.29) is 7.33 Å². The van der Waals surface area contributed by atoms with E-state index in [1.54, 1.807) is 39.8 Å². The van der Waals surface area contributed by atoms with E-state index in [1.807, 2.05) is 20.8 Å². The van der Waals surface area contributed by atoms with Gasteiger partial charge >= 0.3 is 0 Å². The summed E-state index contributed by atoms with van der Waals surface area (Å²) in [5, 5.41) is 13.3. The first-order valence-electron chi connectivity index (χ1n) is 6.01. The van der Waals surface area contributed by atoms with Gasteiger partial charge in [0.15, 0.2) is 5.60 Å². The summed E-state index contributed by atoms with van der Waals surface area (Å²) in [7, 11) is 1.58. The molecule has 1 amide bonds. The minimum atomic E-state index is -0.988. The smallest absolute Gasteiger partial charge is 0.242 e. The van der Waals surface area contributed by atoms with Gasteiger partial charge in [-0.25, -0.2) is 0 Å². The van der Waals surface area contributed by atoms with E-state index in [4.69, 9.17) is 10.1 Å². The molecule has 0 unspecified atom stereocenters. The van der Waals surface area contributed by atoms with Gasteiger partial charge in [-0.3, -0.25) is 9.63 Å². The first-order valence-corrected chi connectivity index (χ1v) is 6.01. The summed E-state index contributed by atoms with van der Waals surface area (Å²) in [4.78, 5) is 17.7. The van der Waals surface area contributed by atoms with Crippen molar-refractivity contribution in [2.45, 2.75) is 65.1 Å². The van der Waals surface area contributed by atoms with Crippen LogP contribution >= 0.6 is 0 Å². The number of nitriles is 1. The molecule has 0 saturated heterocycles. The van der Waals surface area contributed by atoms with Crippen molar-refractivity contribution in [2.75, 3.05) is 7.05 Å². The molecule has 0 fully saturated rings. The van der Waals surface area contributed by atoms with Crippen LogP contribution in [0.25, 0.3) is 0 Å². The van der Waals surface area contributed by atoms with Gasteiger partial charge in [0.05, 0.1) is 6.07 Å². The normalized spacial score (nSPS) is 13.3. The van der Waals surface area contributed by atoms with Crippen LogP contribution in [-0.2, 0) is 9.63 Å². The van der Waals surface area contributed by atoms with Crippen molar-refractivity contribution >= 4 is 5.91 Å². The Kier molecular flexibility index (Phi) is 4.92. The van der Waals surface area contributed by atoms with Crippen LogP contribution in [0.15, 0.2) is 0 Å². The zero-order valence-corrected chi connectivity index (χ0v) is 12.7. The predicted octanol–water partition coefficient (Wildman–Crippen LogP) is 2.09. The zero-order chi connectivity index (χ0) is 14.8. The first kappa shape index (κ1) is 16.9. The second kappa shape index (κ2) is 5.25. The average Bonchev–Trinajstić information content (AvgIpc) is 2.23. The van der Waals surface area contributed by atoms with E-state index in [9.17, 15) is 4.79 Å². The van der Waals surface area contributed by atoms with Crippen LogP contribution in [0, 0.1) is 11.3 Å². The molecule has 106 valence electrons.